The summed E-state index contributed by atoms with van der Waals surface area (Å²) in [6.45, 7) is 2.37. The number of hydrogen-bond donors (Lipinski definition) is 0. The average Bonchev–Trinajstić information content (AvgIpc) is 2.80. The second kappa shape index (κ2) is 5.30. The summed E-state index contributed by atoms with van der Waals surface area (Å²) in [5.74, 6) is 0.891. The predicted octanol–water partition coefficient (Wildman–Crippen LogP) is 3.02. The van der Waals surface area contributed by atoms with Crippen LogP contribution in [0.5, 0.6) is 0 Å². The molecule has 0 spiro atoms. The van der Waals surface area contributed by atoms with Crippen LogP contribution in [0.2, 0.25) is 0 Å². The molecule has 3 rings (SSSR count). The fraction of sp³-hybridized carbons (Fsp3) is 0.467. The maximum atomic E-state index is 13.7. The summed E-state index contributed by atoms with van der Waals surface area (Å²) in [5, 5.41) is 0. The smallest absolute Gasteiger partial charge is 0.222 e. The lowest BCUT2D eigenvalue weighted by molar-refractivity contribution is -0.132. The monoisotopic (exact) mass is 309 g/mol. The molecule has 1 aliphatic heterocycles. The summed E-state index contributed by atoms with van der Waals surface area (Å²) in [6.07, 6.45) is 1.28. The highest BCUT2D eigenvalue weighted by Gasteiger charge is 2.27. The summed E-state index contributed by atoms with van der Waals surface area (Å²) < 4.78 is 15.8. The molecule has 0 radical (unpaired) electrons. The third-order valence-electron chi connectivity index (χ3n) is 4.13. The molecule has 0 N–H and O–H groups in total. The average molecular weight is 310 g/mol. The number of carbonyl (C=O) groups excluding carboxylic acids is 1. The van der Waals surface area contributed by atoms with E-state index in [1.54, 1.807) is 18.9 Å². The molecule has 1 atom stereocenters. The van der Waals surface area contributed by atoms with Gasteiger partial charge in [0.1, 0.15) is 11.6 Å². The molecule has 0 bridgehead atoms. The molecule has 1 aromatic heterocycles. The molecule has 2 aromatic rings. The third-order valence-corrected chi connectivity index (χ3v) is 4.37. The van der Waals surface area contributed by atoms with Crippen molar-refractivity contribution in [1.29, 1.82) is 0 Å². The van der Waals surface area contributed by atoms with Crippen LogP contribution in [0.1, 0.15) is 30.3 Å². The summed E-state index contributed by atoms with van der Waals surface area (Å²) in [5.41, 5.74) is 2.09. The van der Waals surface area contributed by atoms with Crippen molar-refractivity contribution in [3.8, 4) is 0 Å². The van der Waals surface area contributed by atoms with Crippen LogP contribution in [0.4, 0.5) is 4.39 Å². The summed E-state index contributed by atoms with van der Waals surface area (Å²) in [6, 6.07) is 3.40. The van der Waals surface area contributed by atoms with Crippen molar-refractivity contribution in [1.82, 2.24) is 14.5 Å². The van der Waals surface area contributed by atoms with E-state index in [1.807, 2.05) is 6.07 Å². The number of nitrogens with zero attached hydrogens (tertiary/aromatic N) is 3. The van der Waals surface area contributed by atoms with Gasteiger partial charge in [0.25, 0.3) is 0 Å². The Balaban J connectivity index is 2.12. The number of hydrogen-bond acceptors (Lipinski definition) is 2. The van der Waals surface area contributed by atoms with Crippen LogP contribution in [0.3, 0.4) is 0 Å². The Hall–Kier alpha value is -1.62. The van der Waals surface area contributed by atoms with Gasteiger partial charge in [-0.2, -0.15) is 0 Å². The van der Waals surface area contributed by atoms with Gasteiger partial charge < -0.3 is 9.47 Å². The summed E-state index contributed by atoms with van der Waals surface area (Å²) in [4.78, 5) is 17.8. The van der Waals surface area contributed by atoms with Gasteiger partial charge in [-0.05, 0) is 25.0 Å². The first kappa shape index (κ1) is 14.3. The Labute approximate surface area is 127 Å². The fourth-order valence-electron chi connectivity index (χ4n) is 2.97. The lowest BCUT2D eigenvalue weighted by Gasteiger charge is -2.31. The van der Waals surface area contributed by atoms with E-state index >= 15 is 0 Å². The fourth-order valence-corrected chi connectivity index (χ4v) is 3.16. The number of likely N-dealkylation sites (N-methyl/N-ethyl adjacent to an activating group) is 1. The normalized spacial score (nSPS) is 19.5. The number of aromatic nitrogens is 2. The number of halogens is 2. The Morgan fingerprint density at radius 1 is 1.48 bits per heavy atom. The van der Waals surface area contributed by atoms with E-state index < -0.39 is 0 Å². The van der Waals surface area contributed by atoms with E-state index in [9.17, 15) is 9.18 Å². The molecule has 4 nitrogen and oxygen atoms in total. The molecule has 1 unspecified atom stereocenters. The standard InChI is InChI=1S/C15H17ClFN3O/c1-9-5-13-12(6-11(9)17)18-14(7-16)20(13)10-3-4-15(21)19(2)8-10/h5-6,10H,3-4,7-8H2,1-2H3. The number of amides is 1. The van der Waals surface area contributed by atoms with Crippen molar-refractivity contribution in [3.63, 3.8) is 0 Å². The van der Waals surface area contributed by atoms with Crippen molar-refractivity contribution in [2.45, 2.75) is 31.7 Å². The van der Waals surface area contributed by atoms with Crippen LogP contribution in [-0.4, -0.2) is 34.0 Å². The van der Waals surface area contributed by atoms with Gasteiger partial charge in [0, 0.05) is 26.1 Å². The van der Waals surface area contributed by atoms with Crippen molar-refractivity contribution in [3.05, 3.63) is 29.3 Å². The highest BCUT2D eigenvalue weighted by atomic mass is 35.5. The molecule has 1 amide bonds. The molecule has 1 fully saturated rings. The summed E-state index contributed by atoms with van der Waals surface area (Å²) in [7, 11) is 1.80. The minimum Gasteiger partial charge on any atom is -0.344 e. The lowest BCUT2D eigenvalue weighted by atomic mass is 10.0. The first-order valence-electron chi connectivity index (χ1n) is 6.98. The van der Waals surface area contributed by atoms with Gasteiger partial charge >= 0.3 is 0 Å². The van der Waals surface area contributed by atoms with Crippen LogP contribution in [0, 0.1) is 12.7 Å². The number of carbonyl (C=O) groups is 1. The molecule has 112 valence electrons. The van der Waals surface area contributed by atoms with Gasteiger partial charge in [0.2, 0.25) is 5.91 Å². The van der Waals surface area contributed by atoms with E-state index in [4.69, 9.17) is 11.6 Å². The molecule has 1 aromatic carbocycles. The maximum Gasteiger partial charge on any atom is 0.222 e. The minimum atomic E-state index is -0.260. The summed E-state index contributed by atoms with van der Waals surface area (Å²) >= 11 is 6.01. The molecule has 21 heavy (non-hydrogen) atoms. The lowest BCUT2D eigenvalue weighted by Crippen LogP contribution is -2.38. The van der Waals surface area contributed by atoms with Gasteiger partial charge in [-0.3, -0.25) is 4.79 Å². The number of piperidine rings is 1. The van der Waals surface area contributed by atoms with Crippen molar-refractivity contribution in [2.75, 3.05) is 13.6 Å². The molecule has 0 saturated carbocycles. The number of benzene rings is 1. The zero-order chi connectivity index (χ0) is 15.1. The zero-order valence-corrected chi connectivity index (χ0v) is 12.8. The first-order valence-corrected chi connectivity index (χ1v) is 7.51. The zero-order valence-electron chi connectivity index (χ0n) is 12.1. The van der Waals surface area contributed by atoms with Crippen molar-refractivity contribution < 1.29 is 9.18 Å². The van der Waals surface area contributed by atoms with Gasteiger partial charge in [0.15, 0.2) is 0 Å². The molecule has 0 aliphatic carbocycles. The third kappa shape index (κ3) is 2.39. The van der Waals surface area contributed by atoms with Gasteiger partial charge in [0.05, 0.1) is 23.0 Å². The van der Waals surface area contributed by atoms with Crippen LogP contribution in [0.25, 0.3) is 11.0 Å². The second-order valence-corrected chi connectivity index (χ2v) is 5.86. The molecular weight excluding hydrogens is 293 g/mol. The Morgan fingerprint density at radius 2 is 2.24 bits per heavy atom. The molecule has 2 heterocycles. The molecule has 1 aliphatic rings. The van der Waals surface area contributed by atoms with E-state index in [1.165, 1.54) is 6.07 Å². The van der Waals surface area contributed by atoms with Crippen LogP contribution in [0.15, 0.2) is 12.1 Å². The number of imidazole rings is 1. The quantitative estimate of drug-likeness (QED) is 0.800. The van der Waals surface area contributed by atoms with Crippen molar-refractivity contribution in [2.24, 2.45) is 0 Å². The van der Waals surface area contributed by atoms with E-state index in [-0.39, 0.29) is 23.6 Å². The SMILES string of the molecule is Cc1cc2c(cc1F)nc(CCl)n2C1CCC(=O)N(C)C1. The topological polar surface area (TPSA) is 38.1 Å². The predicted molar refractivity (Wildman–Crippen MR) is 79.9 cm³/mol. The van der Waals surface area contributed by atoms with E-state index in [0.717, 1.165) is 17.8 Å². The number of alkyl halides is 1. The molecule has 6 heteroatoms. The minimum absolute atomic E-state index is 0.135. The number of aryl methyl sites for hydroxylation is 1. The van der Waals surface area contributed by atoms with Gasteiger partial charge in [-0.25, -0.2) is 9.37 Å². The maximum absolute atomic E-state index is 13.7. The van der Waals surface area contributed by atoms with E-state index in [2.05, 4.69) is 9.55 Å². The Kier molecular flexibility index (Phi) is 3.61. The number of likely N-dealkylation sites (tertiary alicyclic amines) is 1. The van der Waals surface area contributed by atoms with Gasteiger partial charge in [-0.15, -0.1) is 11.6 Å². The Bertz CT molecular complexity index is 712. The first-order chi connectivity index (χ1) is 10.0. The highest BCUT2D eigenvalue weighted by molar-refractivity contribution is 6.16. The van der Waals surface area contributed by atoms with Crippen LogP contribution >= 0.6 is 11.6 Å². The van der Waals surface area contributed by atoms with E-state index in [0.29, 0.717) is 24.0 Å². The van der Waals surface area contributed by atoms with Crippen molar-refractivity contribution >= 4 is 28.5 Å². The largest absolute Gasteiger partial charge is 0.344 e. The molecular formula is C15H17ClFN3O. The van der Waals surface area contributed by atoms with Crippen LogP contribution < -0.4 is 0 Å². The highest BCUT2D eigenvalue weighted by Crippen LogP contribution is 2.29. The molecule has 1 saturated heterocycles. The number of fused-ring (bicyclic) bond motifs is 1. The second-order valence-electron chi connectivity index (χ2n) is 5.59. The Morgan fingerprint density at radius 3 is 2.90 bits per heavy atom. The number of rotatable bonds is 2. The van der Waals surface area contributed by atoms with Gasteiger partial charge in [-0.1, -0.05) is 0 Å². The van der Waals surface area contributed by atoms with Crippen LogP contribution in [-0.2, 0) is 10.7 Å².